The Morgan fingerprint density at radius 3 is 0.865 bits per heavy atom. The topological polar surface area (TPSA) is 159 Å². The molecule has 3 aromatic carbocycles. The van der Waals surface area contributed by atoms with Crippen molar-refractivity contribution >= 4 is 17.9 Å². The number of hydrogen-bond donors (Lipinski definition) is 0. The predicted octanol–water partition coefficient (Wildman–Crippen LogP) is 4.17. The summed E-state index contributed by atoms with van der Waals surface area (Å²) >= 11 is 0. The molecule has 0 aliphatic rings. The third-order valence-electron chi connectivity index (χ3n) is 6.67. The van der Waals surface area contributed by atoms with E-state index < -0.39 is 52.8 Å². The van der Waals surface area contributed by atoms with E-state index in [1.165, 1.54) is 55.0 Å². The molecule has 3 heterocycles. The molecular weight excluding hydrogens is 877 g/mol. The molecule has 16 heteroatoms. The fourth-order valence-corrected chi connectivity index (χ4v) is 4.48. The molecule has 0 amide bonds. The van der Waals surface area contributed by atoms with Crippen molar-refractivity contribution in [3.8, 4) is 33.4 Å². The smallest absolute Gasteiger partial charge is 0.543 e. The van der Waals surface area contributed by atoms with E-state index in [1.807, 2.05) is 0 Å². The largest absolute Gasteiger partial charge is 3.00 e. The molecule has 0 fully saturated rings. The minimum absolute atomic E-state index is 0. The van der Waals surface area contributed by atoms with Gasteiger partial charge in [0.05, 0.1) is 35.0 Å². The van der Waals surface area contributed by atoms with Crippen molar-refractivity contribution in [1.82, 2.24) is 15.0 Å². The molecule has 0 saturated carbocycles. The van der Waals surface area contributed by atoms with Gasteiger partial charge in [0.2, 0.25) is 0 Å². The Labute approximate surface area is 303 Å². The molecule has 0 spiro atoms. The second-order valence-corrected chi connectivity index (χ2v) is 9.93. The van der Waals surface area contributed by atoms with Crippen LogP contribution in [0, 0.1) is 34.9 Å². The minimum Gasteiger partial charge on any atom is -0.543 e. The van der Waals surface area contributed by atoms with Gasteiger partial charge in [-0.25, -0.2) is 26.3 Å². The first-order chi connectivity index (χ1) is 24.3. The van der Waals surface area contributed by atoms with Crippen molar-refractivity contribution in [2.45, 2.75) is 0 Å². The van der Waals surface area contributed by atoms with Gasteiger partial charge in [-0.05, 0) is 54.6 Å². The Hall–Kier alpha value is -6.25. The van der Waals surface area contributed by atoms with Crippen LogP contribution in [0.3, 0.4) is 0 Å². The van der Waals surface area contributed by atoms with Crippen LogP contribution in [0.1, 0.15) is 31.5 Å². The molecule has 0 atom stereocenters. The molecule has 6 aromatic rings. The van der Waals surface area contributed by atoms with Crippen LogP contribution in [0.5, 0.6) is 0 Å². The zero-order chi connectivity index (χ0) is 37.2. The van der Waals surface area contributed by atoms with Gasteiger partial charge >= 0.3 is 20.1 Å². The van der Waals surface area contributed by atoms with Crippen LogP contribution in [0.2, 0.25) is 0 Å². The second-order valence-electron chi connectivity index (χ2n) is 9.93. The minimum atomic E-state index is -1.51. The number of benzene rings is 3. The van der Waals surface area contributed by atoms with Crippen molar-refractivity contribution in [3.63, 3.8) is 0 Å². The molecule has 3 aromatic heterocycles. The zero-order valence-electron chi connectivity index (χ0n) is 25.8. The maximum Gasteiger partial charge on any atom is 3.00 e. The number of halogens is 6. The summed E-state index contributed by atoms with van der Waals surface area (Å²) in [6.07, 6.45) is 3.78. The summed E-state index contributed by atoms with van der Waals surface area (Å²) in [6.45, 7) is 0. The van der Waals surface area contributed by atoms with Gasteiger partial charge in [0.15, 0.2) is 0 Å². The molecule has 0 unspecified atom stereocenters. The van der Waals surface area contributed by atoms with Crippen LogP contribution in [0.4, 0.5) is 26.3 Å². The van der Waals surface area contributed by atoms with Gasteiger partial charge < -0.3 is 29.7 Å². The first-order valence-electron chi connectivity index (χ1n) is 14.1. The fourth-order valence-electron chi connectivity index (χ4n) is 4.48. The summed E-state index contributed by atoms with van der Waals surface area (Å²) in [6, 6.07) is 17.2. The van der Waals surface area contributed by atoms with Crippen LogP contribution in [-0.2, 0) is 20.1 Å². The molecule has 0 saturated heterocycles. The Kier molecular flexibility index (Phi) is 14.0. The summed E-state index contributed by atoms with van der Waals surface area (Å²) in [5.74, 6) is -9.26. The van der Waals surface area contributed by atoms with E-state index in [0.717, 1.165) is 36.4 Å². The first kappa shape index (κ1) is 40.2. The van der Waals surface area contributed by atoms with Gasteiger partial charge in [-0.1, -0.05) is 18.2 Å². The molecule has 0 N–H and O–H groups in total. The van der Waals surface area contributed by atoms with E-state index in [4.69, 9.17) is 0 Å². The molecule has 9 nitrogen and oxygen atoms in total. The van der Waals surface area contributed by atoms with Gasteiger partial charge in [0.25, 0.3) is 0 Å². The third-order valence-corrected chi connectivity index (χ3v) is 6.67. The molecule has 0 radical (unpaired) electrons. The second kappa shape index (κ2) is 18.1. The summed E-state index contributed by atoms with van der Waals surface area (Å²) in [4.78, 5) is 43.2. The van der Waals surface area contributed by atoms with Gasteiger partial charge in [0, 0.05) is 70.2 Å². The predicted molar refractivity (Wildman–Crippen MR) is 162 cm³/mol. The van der Waals surface area contributed by atoms with E-state index in [0.29, 0.717) is 18.2 Å². The van der Waals surface area contributed by atoms with Gasteiger partial charge in [0.1, 0.15) is 34.9 Å². The van der Waals surface area contributed by atoms with Gasteiger partial charge in [-0.15, -0.1) is 0 Å². The van der Waals surface area contributed by atoms with E-state index in [1.54, 1.807) is 0 Å². The Morgan fingerprint density at radius 1 is 0.404 bits per heavy atom. The molecule has 0 aliphatic heterocycles. The normalized spacial score (nSPS) is 10.0. The quantitative estimate of drug-likeness (QED) is 0.224. The summed E-state index contributed by atoms with van der Waals surface area (Å²) in [5.41, 5.74) is -1.04. The maximum absolute atomic E-state index is 13.5. The maximum atomic E-state index is 13.5. The monoisotopic (exact) mass is 895 g/mol. The van der Waals surface area contributed by atoms with Crippen LogP contribution in [0.15, 0.2) is 110 Å². The van der Waals surface area contributed by atoms with Gasteiger partial charge in [-0.2, -0.15) is 0 Å². The number of carbonyl (C=O) groups excluding carboxylic acids is 3. The van der Waals surface area contributed by atoms with E-state index in [9.17, 15) is 56.0 Å². The zero-order valence-corrected chi connectivity index (χ0v) is 28.2. The number of carboxylic acids is 3. The molecule has 0 aliphatic carbocycles. The van der Waals surface area contributed by atoms with Gasteiger partial charge in [-0.3, -0.25) is 15.0 Å². The van der Waals surface area contributed by atoms with Crippen LogP contribution < -0.4 is 15.3 Å². The van der Waals surface area contributed by atoms with E-state index in [-0.39, 0.29) is 70.6 Å². The molecule has 0 bridgehead atoms. The molecule has 6 rings (SSSR count). The van der Waals surface area contributed by atoms with Crippen molar-refractivity contribution < 1.29 is 76.2 Å². The number of nitrogens with zero attached hydrogens (tertiary/aromatic N) is 3. The van der Waals surface area contributed by atoms with E-state index in [2.05, 4.69) is 15.0 Å². The summed E-state index contributed by atoms with van der Waals surface area (Å²) in [7, 11) is 0. The number of carbonyl (C=O) groups is 3. The number of pyridine rings is 3. The first-order valence-corrected chi connectivity index (χ1v) is 14.1. The molecule has 264 valence electrons. The van der Waals surface area contributed by atoms with Crippen molar-refractivity contribution in [1.29, 1.82) is 0 Å². The third kappa shape index (κ3) is 9.93. The average molecular weight is 895 g/mol. The SMILES string of the molecule is O=C([O-])c1ncccc1-c1ccc(F)cc1F.O=C([O-])c1ncccc1-c1ccc(F)cc1F.O=C([O-])c1ncccc1-c1ccc(F)cc1F.[Ir+3]. The van der Waals surface area contributed by atoms with Crippen LogP contribution >= 0.6 is 0 Å². The summed E-state index contributed by atoms with van der Waals surface area (Å²) < 4.78 is 78.7. The number of aromatic carboxylic acids is 3. The van der Waals surface area contributed by atoms with E-state index >= 15 is 0 Å². The Balaban J connectivity index is 0.000000208. The number of aromatic nitrogens is 3. The molecule has 52 heavy (non-hydrogen) atoms. The van der Waals surface area contributed by atoms with Crippen LogP contribution in [0.25, 0.3) is 33.4 Å². The van der Waals surface area contributed by atoms with Crippen molar-refractivity contribution in [2.75, 3.05) is 0 Å². The standard InChI is InChI=1S/3C12H7F2NO2.Ir/c3*13-7-3-4-8(10(14)6-7)9-2-1-5-15-11(9)12(16)17;/h3*1-6H,(H,16,17);/q;;;+3/p-3. The number of rotatable bonds is 6. The Bertz CT molecular complexity index is 2010. The van der Waals surface area contributed by atoms with Crippen molar-refractivity contribution in [3.05, 3.63) is 162 Å². The summed E-state index contributed by atoms with van der Waals surface area (Å²) in [5, 5.41) is 32.4. The molecular formula is C36H18F6IrN3O6. The Morgan fingerprint density at radius 2 is 0.654 bits per heavy atom. The number of carboxylic acid groups (broad SMARTS) is 3. The average Bonchev–Trinajstić information content (AvgIpc) is 3.09. The van der Waals surface area contributed by atoms with Crippen LogP contribution in [-0.4, -0.2) is 32.9 Å². The fraction of sp³-hybridized carbons (Fsp3) is 0. The van der Waals surface area contributed by atoms with Crippen molar-refractivity contribution in [2.24, 2.45) is 0 Å². The number of hydrogen-bond acceptors (Lipinski definition) is 9.